The number of hydrogen-bond acceptors (Lipinski definition) is 4. The second-order valence-corrected chi connectivity index (χ2v) is 6.34. The van der Waals surface area contributed by atoms with Crippen molar-refractivity contribution >= 4 is 11.9 Å². The number of aliphatic carboxylic acids is 1. The van der Waals surface area contributed by atoms with Gasteiger partial charge in [0.25, 0.3) is 5.91 Å². The third-order valence-electron chi connectivity index (χ3n) is 4.63. The lowest BCUT2D eigenvalue weighted by Gasteiger charge is -2.30. The average Bonchev–Trinajstić information content (AvgIpc) is 3.08. The van der Waals surface area contributed by atoms with Gasteiger partial charge in [-0.2, -0.15) is 0 Å². The van der Waals surface area contributed by atoms with Gasteiger partial charge in [-0.15, -0.1) is 0 Å². The van der Waals surface area contributed by atoms with Gasteiger partial charge in [0.2, 0.25) is 5.88 Å². The number of pyridine rings is 1. The topological polar surface area (TPSA) is 79.7 Å². The van der Waals surface area contributed by atoms with Crippen LogP contribution in [0.1, 0.15) is 48.9 Å². The first-order valence-electron chi connectivity index (χ1n) is 8.28. The number of carboxylic acid groups (broad SMARTS) is 1. The first-order chi connectivity index (χ1) is 11.1. The average molecular weight is 318 g/mol. The first kappa shape index (κ1) is 15.8. The van der Waals surface area contributed by atoms with Gasteiger partial charge in [0.15, 0.2) is 0 Å². The number of carboxylic acids is 1. The molecule has 1 saturated carbocycles. The highest BCUT2D eigenvalue weighted by Gasteiger charge is 2.28. The summed E-state index contributed by atoms with van der Waals surface area (Å²) >= 11 is 0. The minimum Gasteiger partial charge on any atom is -0.481 e. The summed E-state index contributed by atoms with van der Waals surface area (Å²) in [6.07, 6.45) is 7.63. The van der Waals surface area contributed by atoms with Gasteiger partial charge in [-0.1, -0.05) is 0 Å². The fraction of sp³-hybridized carbons (Fsp3) is 0.588. The summed E-state index contributed by atoms with van der Waals surface area (Å²) < 4.78 is 5.79. The number of nitrogens with zero attached hydrogens (tertiary/aromatic N) is 2. The number of piperidine rings is 1. The summed E-state index contributed by atoms with van der Waals surface area (Å²) in [6, 6.07) is 3.44. The molecule has 1 saturated heterocycles. The molecule has 1 aliphatic heterocycles. The Balaban J connectivity index is 1.61. The molecule has 1 aromatic rings. The van der Waals surface area contributed by atoms with Gasteiger partial charge in [0.05, 0.1) is 11.5 Å². The molecule has 0 bridgehead atoms. The standard InChI is InChI=1S/C17H22N2O4/c20-16(19-9-3-4-13(11-19)17(21)22)12-7-8-15(18-10-12)23-14-5-1-2-6-14/h7-8,10,13-14H,1-6,9,11H2,(H,21,22). The molecule has 0 aromatic carbocycles. The van der Waals surface area contributed by atoms with Gasteiger partial charge in [0, 0.05) is 25.4 Å². The molecule has 23 heavy (non-hydrogen) atoms. The highest BCUT2D eigenvalue weighted by Crippen LogP contribution is 2.23. The molecule has 6 heteroatoms. The van der Waals surface area contributed by atoms with Crippen LogP contribution in [-0.4, -0.2) is 46.1 Å². The summed E-state index contributed by atoms with van der Waals surface area (Å²) in [5.41, 5.74) is 0.481. The van der Waals surface area contributed by atoms with Crippen LogP contribution in [0, 0.1) is 5.92 Å². The van der Waals surface area contributed by atoms with E-state index in [-0.39, 0.29) is 18.6 Å². The van der Waals surface area contributed by atoms with Crippen molar-refractivity contribution in [1.82, 2.24) is 9.88 Å². The van der Waals surface area contributed by atoms with E-state index < -0.39 is 11.9 Å². The van der Waals surface area contributed by atoms with E-state index in [2.05, 4.69) is 4.98 Å². The normalized spacial score (nSPS) is 22.1. The Kier molecular flexibility index (Phi) is 4.79. The van der Waals surface area contributed by atoms with E-state index in [9.17, 15) is 9.59 Å². The minimum absolute atomic E-state index is 0.157. The fourth-order valence-corrected chi connectivity index (χ4v) is 3.30. The number of rotatable bonds is 4. The van der Waals surface area contributed by atoms with Crippen LogP contribution in [0.25, 0.3) is 0 Å². The first-order valence-corrected chi connectivity index (χ1v) is 8.28. The van der Waals surface area contributed by atoms with Gasteiger partial charge in [-0.25, -0.2) is 4.98 Å². The van der Waals surface area contributed by atoms with Gasteiger partial charge in [-0.3, -0.25) is 9.59 Å². The maximum absolute atomic E-state index is 12.5. The highest BCUT2D eigenvalue weighted by molar-refractivity contribution is 5.94. The maximum Gasteiger partial charge on any atom is 0.308 e. The van der Waals surface area contributed by atoms with Gasteiger partial charge < -0.3 is 14.7 Å². The van der Waals surface area contributed by atoms with Crippen LogP contribution < -0.4 is 4.74 Å². The molecule has 1 N–H and O–H groups in total. The van der Waals surface area contributed by atoms with Crippen molar-refractivity contribution in [1.29, 1.82) is 0 Å². The summed E-state index contributed by atoms with van der Waals surface area (Å²) in [7, 11) is 0. The van der Waals surface area contributed by atoms with E-state index in [0.717, 1.165) is 19.3 Å². The molecule has 0 radical (unpaired) electrons. The Morgan fingerprint density at radius 1 is 1.17 bits per heavy atom. The van der Waals surface area contributed by atoms with E-state index >= 15 is 0 Å². The molecule has 1 aliphatic carbocycles. The van der Waals surface area contributed by atoms with E-state index in [1.165, 1.54) is 19.0 Å². The van der Waals surface area contributed by atoms with E-state index in [1.54, 1.807) is 17.0 Å². The molecule has 124 valence electrons. The predicted molar refractivity (Wildman–Crippen MR) is 83.4 cm³/mol. The number of carbonyl (C=O) groups excluding carboxylic acids is 1. The molecular formula is C17H22N2O4. The molecule has 1 amide bonds. The molecule has 3 rings (SSSR count). The molecule has 2 heterocycles. The number of hydrogen-bond donors (Lipinski definition) is 1. The van der Waals surface area contributed by atoms with Crippen molar-refractivity contribution < 1.29 is 19.4 Å². The lowest BCUT2D eigenvalue weighted by atomic mass is 9.98. The lowest BCUT2D eigenvalue weighted by molar-refractivity contribution is -0.143. The summed E-state index contributed by atoms with van der Waals surface area (Å²) in [5.74, 6) is -0.905. The smallest absolute Gasteiger partial charge is 0.308 e. The van der Waals surface area contributed by atoms with Crippen LogP contribution in [0.15, 0.2) is 18.3 Å². The Morgan fingerprint density at radius 3 is 2.61 bits per heavy atom. The van der Waals surface area contributed by atoms with E-state index in [4.69, 9.17) is 9.84 Å². The van der Waals surface area contributed by atoms with Gasteiger partial charge in [-0.05, 0) is 44.6 Å². The largest absolute Gasteiger partial charge is 0.481 e. The monoisotopic (exact) mass is 318 g/mol. The number of aromatic nitrogens is 1. The Hall–Kier alpha value is -2.11. The Labute approximate surface area is 135 Å². The van der Waals surface area contributed by atoms with Gasteiger partial charge in [0.1, 0.15) is 6.10 Å². The van der Waals surface area contributed by atoms with Gasteiger partial charge >= 0.3 is 5.97 Å². The molecule has 1 atom stereocenters. The van der Waals surface area contributed by atoms with Crippen molar-refractivity contribution in [2.24, 2.45) is 5.92 Å². The SMILES string of the molecule is O=C(O)C1CCCN(C(=O)c2ccc(OC3CCCC3)nc2)C1. The zero-order valence-electron chi connectivity index (χ0n) is 13.1. The van der Waals surface area contributed by atoms with E-state index in [1.807, 2.05) is 0 Å². The number of amides is 1. The zero-order valence-corrected chi connectivity index (χ0v) is 13.1. The number of carbonyl (C=O) groups is 2. The van der Waals surface area contributed by atoms with Crippen molar-refractivity contribution in [3.05, 3.63) is 23.9 Å². The zero-order chi connectivity index (χ0) is 16.2. The van der Waals surface area contributed by atoms with Crippen molar-refractivity contribution in [3.8, 4) is 5.88 Å². The van der Waals surface area contributed by atoms with Crippen LogP contribution in [-0.2, 0) is 4.79 Å². The summed E-state index contributed by atoms with van der Waals surface area (Å²) in [4.78, 5) is 29.4. The third-order valence-corrected chi connectivity index (χ3v) is 4.63. The Morgan fingerprint density at radius 2 is 1.96 bits per heavy atom. The molecule has 2 fully saturated rings. The summed E-state index contributed by atoms with van der Waals surface area (Å²) in [6.45, 7) is 0.872. The van der Waals surface area contributed by atoms with Crippen molar-refractivity contribution in [2.45, 2.75) is 44.6 Å². The van der Waals surface area contributed by atoms with Crippen LogP contribution in [0.3, 0.4) is 0 Å². The maximum atomic E-state index is 12.5. The quantitative estimate of drug-likeness (QED) is 0.921. The molecule has 6 nitrogen and oxygen atoms in total. The second kappa shape index (κ2) is 6.98. The fourth-order valence-electron chi connectivity index (χ4n) is 3.30. The highest BCUT2D eigenvalue weighted by atomic mass is 16.5. The molecule has 2 aliphatic rings. The number of likely N-dealkylation sites (tertiary alicyclic amines) is 1. The Bertz CT molecular complexity index is 566. The molecule has 0 spiro atoms. The van der Waals surface area contributed by atoms with E-state index in [0.29, 0.717) is 24.4 Å². The predicted octanol–water partition coefficient (Wildman–Crippen LogP) is 2.34. The second-order valence-electron chi connectivity index (χ2n) is 6.34. The third kappa shape index (κ3) is 3.81. The van der Waals surface area contributed by atoms with Crippen LogP contribution in [0.2, 0.25) is 0 Å². The molecular weight excluding hydrogens is 296 g/mol. The van der Waals surface area contributed by atoms with Crippen LogP contribution in [0.5, 0.6) is 5.88 Å². The molecule has 1 unspecified atom stereocenters. The van der Waals surface area contributed by atoms with Crippen molar-refractivity contribution in [2.75, 3.05) is 13.1 Å². The van der Waals surface area contributed by atoms with Crippen LogP contribution in [0.4, 0.5) is 0 Å². The summed E-state index contributed by atoms with van der Waals surface area (Å²) in [5, 5.41) is 9.11. The van der Waals surface area contributed by atoms with Crippen LogP contribution >= 0.6 is 0 Å². The minimum atomic E-state index is -0.832. The van der Waals surface area contributed by atoms with Crippen molar-refractivity contribution in [3.63, 3.8) is 0 Å². The number of ether oxygens (including phenoxy) is 1. The molecule has 1 aromatic heterocycles. The lowest BCUT2D eigenvalue weighted by Crippen LogP contribution is -2.42.